The SMILES string of the molecule is COc1c(C(C)(C)C)cc(P(c2cc(C(C)(C)C)c(OC)c(C(C)(C)C)c2)C2(P(c3cc(C(C)(C)C)c(OC)c(C(C)(C)C)c3)c3cc(C(C)(C)C)c(OC)c(C(C)(C)C)c3)C=CC3=C(OCO3)[C@H]2c2cccc3c2OCO3)cc1C(C)(C)C. The Morgan fingerprint density at radius 3 is 0.940 bits per heavy atom. The Kier molecular flexibility index (Phi) is 17.1. The van der Waals surface area contributed by atoms with E-state index >= 15 is 0 Å². The van der Waals surface area contributed by atoms with Crippen LogP contribution in [0.2, 0.25) is 0 Å². The molecule has 0 unspecified atom stereocenters. The van der Waals surface area contributed by atoms with Crippen molar-refractivity contribution in [2.75, 3.05) is 42.0 Å². The zero-order valence-corrected chi connectivity index (χ0v) is 58.4. The van der Waals surface area contributed by atoms with Gasteiger partial charge in [-0.1, -0.05) is 184 Å². The van der Waals surface area contributed by atoms with Crippen LogP contribution in [0.15, 0.2) is 90.4 Å². The maximum Gasteiger partial charge on any atom is 0.231 e. The second-order valence-electron chi connectivity index (χ2n) is 31.7. The van der Waals surface area contributed by atoms with Crippen molar-refractivity contribution >= 4 is 37.1 Å². The van der Waals surface area contributed by atoms with Gasteiger partial charge in [-0.25, -0.2) is 0 Å². The zero-order valence-electron chi connectivity index (χ0n) is 56.7. The highest BCUT2D eigenvalue weighted by molar-refractivity contribution is 7.91. The summed E-state index contributed by atoms with van der Waals surface area (Å²) in [5, 5.41) is 4.89. The molecule has 456 valence electrons. The molecule has 0 amide bonds. The van der Waals surface area contributed by atoms with Gasteiger partial charge >= 0.3 is 0 Å². The Morgan fingerprint density at radius 2 is 0.667 bits per heavy atom. The molecule has 2 aliphatic heterocycles. The van der Waals surface area contributed by atoms with Crippen molar-refractivity contribution in [3.8, 4) is 34.5 Å². The van der Waals surface area contributed by atoms with Crippen LogP contribution in [0.1, 0.15) is 222 Å². The molecular formula is C74H102O8P2. The van der Waals surface area contributed by atoms with Gasteiger partial charge in [-0.05, 0) is 141 Å². The molecule has 84 heavy (non-hydrogen) atoms. The summed E-state index contributed by atoms with van der Waals surface area (Å²) in [6.07, 6.45) is 4.85. The molecule has 0 N–H and O–H groups in total. The fourth-order valence-electron chi connectivity index (χ4n) is 12.6. The van der Waals surface area contributed by atoms with Gasteiger partial charge in [-0.15, -0.1) is 0 Å². The number of para-hydroxylation sites is 1. The first-order valence-corrected chi connectivity index (χ1v) is 32.8. The molecule has 1 aliphatic carbocycles. The van der Waals surface area contributed by atoms with Gasteiger partial charge in [0.05, 0.1) is 39.3 Å². The van der Waals surface area contributed by atoms with E-state index in [2.05, 4.69) is 239 Å². The average Bonchev–Trinajstić information content (AvgIpc) is 0.957. The zero-order chi connectivity index (χ0) is 62.6. The number of hydrogen-bond donors (Lipinski definition) is 0. The molecule has 3 aliphatic rings. The van der Waals surface area contributed by atoms with Gasteiger partial charge in [0, 0.05) is 50.1 Å². The van der Waals surface area contributed by atoms with E-state index in [0.29, 0.717) is 5.75 Å². The second-order valence-corrected chi connectivity index (χ2v) is 37.0. The van der Waals surface area contributed by atoms with Gasteiger partial charge in [-0.2, -0.15) is 0 Å². The summed E-state index contributed by atoms with van der Waals surface area (Å²) in [6, 6.07) is 26.6. The third kappa shape index (κ3) is 11.9. The van der Waals surface area contributed by atoms with Gasteiger partial charge in [0.25, 0.3) is 0 Å². The summed E-state index contributed by atoms with van der Waals surface area (Å²) >= 11 is 0. The number of fused-ring (bicyclic) bond motifs is 1. The lowest BCUT2D eigenvalue weighted by Crippen LogP contribution is -2.46. The predicted molar refractivity (Wildman–Crippen MR) is 355 cm³/mol. The van der Waals surface area contributed by atoms with Crippen LogP contribution < -0.4 is 49.6 Å². The predicted octanol–water partition coefficient (Wildman–Crippen LogP) is 17.7. The first kappa shape index (κ1) is 64.8. The van der Waals surface area contributed by atoms with Crippen molar-refractivity contribution in [2.24, 2.45) is 0 Å². The van der Waals surface area contributed by atoms with Gasteiger partial charge in [0.15, 0.2) is 23.0 Å². The van der Waals surface area contributed by atoms with Crippen LogP contribution in [0.4, 0.5) is 0 Å². The van der Waals surface area contributed by atoms with E-state index in [4.69, 9.17) is 37.9 Å². The Hall–Kier alpha value is -5.16. The first-order valence-electron chi connectivity index (χ1n) is 30.2. The molecule has 5 aromatic rings. The summed E-state index contributed by atoms with van der Waals surface area (Å²) in [5.74, 6) is 6.09. The third-order valence-electron chi connectivity index (χ3n) is 16.9. The maximum atomic E-state index is 7.20. The monoisotopic (exact) mass is 1180 g/mol. The van der Waals surface area contributed by atoms with Crippen molar-refractivity contribution in [3.05, 3.63) is 140 Å². The number of methoxy groups -OCH3 is 4. The number of allylic oxidation sites excluding steroid dienone is 3. The second kappa shape index (κ2) is 22.2. The molecule has 10 heteroatoms. The summed E-state index contributed by atoms with van der Waals surface area (Å²) < 4.78 is 53.9. The lowest BCUT2D eigenvalue weighted by molar-refractivity contribution is 0.0703. The number of hydrogen-bond acceptors (Lipinski definition) is 8. The average molecular weight is 1180 g/mol. The van der Waals surface area contributed by atoms with Crippen molar-refractivity contribution < 1.29 is 37.9 Å². The van der Waals surface area contributed by atoms with Gasteiger partial charge in [-0.3, -0.25) is 0 Å². The van der Waals surface area contributed by atoms with E-state index in [1.165, 1.54) is 21.2 Å². The Balaban J connectivity index is 1.82. The summed E-state index contributed by atoms with van der Waals surface area (Å²) in [4.78, 5) is -0.951. The van der Waals surface area contributed by atoms with Crippen LogP contribution in [-0.4, -0.2) is 46.9 Å². The summed E-state index contributed by atoms with van der Waals surface area (Å²) in [6.45, 7) is 55.9. The Bertz CT molecular complexity index is 2900. The van der Waals surface area contributed by atoms with Gasteiger partial charge < -0.3 is 37.9 Å². The van der Waals surface area contributed by atoms with Crippen LogP contribution in [0.25, 0.3) is 0 Å². The molecule has 0 fully saturated rings. The van der Waals surface area contributed by atoms with Crippen molar-refractivity contribution in [1.82, 2.24) is 0 Å². The normalized spacial score (nSPS) is 16.7. The highest BCUT2D eigenvalue weighted by Crippen LogP contribution is 2.76. The minimum atomic E-state index is -1.69. The van der Waals surface area contributed by atoms with E-state index in [1.54, 1.807) is 0 Å². The topological polar surface area (TPSA) is 73.8 Å². The lowest BCUT2D eigenvalue weighted by atomic mass is 9.79. The smallest absolute Gasteiger partial charge is 0.231 e. The van der Waals surface area contributed by atoms with Crippen molar-refractivity contribution in [3.63, 3.8) is 0 Å². The van der Waals surface area contributed by atoms with Crippen LogP contribution in [0, 0.1) is 0 Å². The molecular weight excluding hydrogens is 1080 g/mol. The molecule has 5 aromatic carbocycles. The quantitative estimate of drug-likeness (QED) is 0.121. The lowest BCUT2D eigenvalue weighted by Gasteiger charge is -2.52. The minimum Gasteiger partial charge on any atom is -0.496 e. The molecule has 0 spiro atoms. The van der Waals surface area contributed by atoms with E-state index in [9.17, 15) is 0 Å². The van der Waals surface area contributed by atoms with E-state index in [1.807, 2.05) is 34.5 Å². The molecule has 0 radical (unpaired) electrons. The standard InChI is InChI=1S/C74H102O8P2/c1-66(2,3)49-34-44(35-50(61(49)75-25)67(4,5)6)83(45-36-51(68(7,8)9)62(76-26)52(37-45)69(10,11)12)74(33-32-58-65(82-43-80-58)59(74)48-30-29-31-57-60(48)81-42-79-57)84(46-38-53(70(13,14)15)63(77-27)54(39-46)71(16,17)18)47-40-55(72(19,20)21)64(78-28)56(41-47)73(22,23)24/h29-41,59H,42-43H2,1-28H3/t59-/m1/s1. The molecule has 0 aromatic heterocycles. The Morgan fingerprint density at radius 1 is 0.381 bits per heavy atom. The van der Waals surface area contributed by atoms with E-state index in [-0.39, 0.29) is 56.9 Å². The van der Waals surface area contributed by atoms with Crippen molar-refractivity contribution in [1.29, 1.82) is 0 Å². The highest BCUT2D eigenvalue weighted by Gasteiger charge is 2.59. The molecule has 8 nitrogen and oxygen atoms in total. The van der Waals surface area contributed by atoms with Crippen molar-refractivity contribution in [2.45, 2.75) is 220 Å². The molecule has 8 rings (SSSR count). The van der Waals surface area contributed by atoms with Crippen LogP contribution >= 0.6 is 15.8 Å². The number of ether oxygens (including phenoxy) is 8. The minimum absolute atomic E-state index is 0.0787. The number of benzene rings is 5. The number of rotatable bonds is 11. The largest absolute Gasteiger partial charge is 0.496 e. The van der Waals surface area contributed by atoms with E-state index in [0.717, 1.165) is 90.3 Å². The van der Waals surface area contributed by atoms with Crippen LogP contribution in [0.3, 0.4) is 0 Å². The fraction of sp³-hybridized carbons (Fsp3) is 0.541. The first-order chi connectivity index (χ1) is 38.5. The molecule has 0 saturated heterocycles. The third-order valence-corrected chi connectivity index (χ3v) is 23.4. The van der Waals surface area contributed by atoms with Gasteiger partial charge in [0.2, 0.25) is 13.6 Å². The van der Waals surface area contributed by atoms with E-state index < -0.39 is 26.7 Å². The molecule has 2 heterocycles. The maximum absolute atomic E-state index is 7.20. The summed E-state index contributed by atoms with van der Waals surface area (Å²) in [5.41, 5.74) is 7.50. The molecule has 1 atom stereocenters. The molecule has 0 saturated carbocycles. The highest BCUT2D eigenvalue weighted by atomic mass is 31.2. The van der Waals surface area contributed by atoms with Crippen LogP contribution in [0.5, 0.6) is 34.5 Å². The molecule has 0 bridgehead atoms. The van der Waals surface area contributed by atoms with Gasteiger partial charge in [0.1, 0.15) is 23.0 Å². The Labute approximate surface area is 509 Å². The fourth-order valence-corrected chi connectivity index (χ4v) is 20.6. The van der Waals surface area contributed by atoms with Crippen LogP contribution in [-0.2, 0) is 52.8 Å². The summed E-state index contributed by atoms with van der Waals surface area (Å²) in [7, 11) is 3.98.